The van der Waals surface area contributed by atoms with Crippen molar-refractivity contribution >= 4 is 23.1 Å². The molecule has 0 fully saturated rings. The van der Waals surface area contributed by atoms with Gasteiger partial charge in [-0.3, -0.25) is 14.9 Å². The number of para-hydroxylation sites is 1. The zero-order valence-electron chi connectivity index (χ0n) is 16.8. The number of rotatable bonds is 7. The van der Waals surface area contributed by atoms with Crippen molar-refractivity contribution in [1.82, 2.24) is 4.98 Å². The molecule has 1 amide bonds. The number of nitrogens with zero attached hydrogens (tertiary/aromatic N) is 2. The molecule has 1 heterocycles. The molecule has 0 bridgehead atoms. The molecular formula is C20H15F3N4O6. The monoisotopic (exact) mass is 464 g/mol. The van der Waals surface area contributed by atoms with Gasteiger partial charge in [-0.15, -0.1) is 13.2 Å². The summed E-state index contributed by atoms with van der Waals surface area (Å²) in [6.07, 6.45) is -3.79. The molecule has 33 heavy (non-hydrogen) atoms. The van der Waals surface area contributed by atoms with Crippen LogP contribution in [0.25, 0.3) is 0 Å². The molecule has 0 saturated heterocycles. The minimum atomic E-state index is -4.99. The molecule has 1 aromatic heterocycles. The summed E-state index contributed by atoms with van der Waals surface area (Å²) in [4.78, 5) is 26.8. The first-order valence-electron chi connectivity index (χ1n) is 8.99. The van der Waals surface area contributed by atoms with Crippen LogP contribution in [0.2, 0.25) is 0 Å². The summed E-state index contributed by atoms with van der Waals surface area (Å²) in [6.45, 7) is 0. The van der Waals surface area contributed by atoms with Gasteiger partial charge >= 0.3 is 12.0 Å². The van der Waals surface area contributed by atoms with Crippen molar-refractivity contribution in [2.45, 2.75) is 6.36 Å². The number of carbonyl (C=O) groups is 1. The molecule has 13 heteroatoms. The third-order valence-corrected chi connectivity index (χ3v) is 4.06. The number of carbonyl (C=O) groups excluding carboxylic acids is 1. The molecule has 2 aromatic carbocycles. The number of hydrogen-bond donors (Lipinski definition) is 2. The predicted octanol–water partition coefficient (Wildman–Crippen LogP) is 4.52. The van der Waals surface area contributed by atoms with E-state index in [1.54, 1.807) is 0 Å². The van der Waals surface area contributed by atoms with E-state index in [-0.39, 0.29) is 34.3 Å². The fraction of sp³-hybridized carbons (Fsp3) is 0.100. The summed E-state index contributed by atoms with van der Waals surface area (Å²) in [7, 11) is 1.32. The van der Waals surface area contributed by atoms with E-state index in [4.69, 9.17) is 15.2 Å². The number of amides is 1. The standard InChI is InChI=1S/C20H15F3N4O6/c1-31-12-8-11(26-19(28)14-4-2-3-5-15(14)33-20(21,22)23)9-13(10-12)32-16-6-7-25-18(24)17(16)27(29)30/h2-10H,1H3,(H2,24,25)(H,26,28). The van der Waals surface area contributed by atoms with Crippen LogP contribution in [0.3, 0.4) is 0 Å². The fourth-order valence-electron chi connectivity index (χ4n) is 2.73. The van der Waals surface area contributed by atoms with Crippen molar-refractivity contribution in [3.8, 4) is 23.0 Å². The molecule has 3 rings (SSSR count). The van der Waals surface area contributed by atoms with E-state index in [1.165, 1.54) is 49.7 Å². The number of ether oxygens (including phenoxy) is 3. The number of hydrogen-bond acceptors (Lipinski definition) is 8. The van der Waals surface area contributed by atoms with Crippen LogP contribution in [0.15, 0.2) is 54.7 Å². The Hall–Kier alpha value is -4.55. The van der Waals surface area contributed by atoms with Gasteiger partial charge in [0.2, 0.25) is 11.6 Å². The molecule has 10 nitrogen and oxygen atoms in total. The minimum Gasteiger partial charge on any atom is -0.497 e. The van der Waals surface area contributed by atoms with Gasteiger partial charge in [-0.2, -0.15) is 0 Å². The Morgan fingerprint density at radius 2 is 1.82 bits per heavy atom. The van der Waals surface area contributed by atoms with Gasteiger partial charge in [0, 0.05) is 36.1 Å². The van der Waals surface area contributed by atoms with Gasteiger partial charge < -0.3 is 25.3 Å². The molecule has 172 valence electrons. The van der Waals surface area contributed by atoms with E-state index in [1.807, 2.05) is 0 Å². The first-order valence-corrected chi connectivity index (χ1v) is 8.99. The van der Waals surface area contributed by atoms with Crippen LogP contribution in [0.1, 0.15) is 10.4 Å². The van der Waals surface area contributed by atoms with Crippen LogP contribution in [0.5, 0.6) is 23.0 Å². The number of nitrogens with one attached hydrogen (secondary N) is 1. The van der Waals surface area contributed by atoms with Crippen molar-refractivity contribution in [1.29, 1.82) is 0 Å². The van der Waals surface area contributed by atoms with Crippen LogP contribution in [0, 0.1) is 10.1 Å². The normalized spacial score (nSPS) is 10.9. The third-order valence-electron chi connectivity index (χ3n) is 4.06. The van der Waals surface area contributed by atoms with E-state index < -0.39 is 28.6 Å². The second-order valence-electron chi connectivity index (χ2n) is 6.30. The molecule has 0 aliphatic heterocycles. The molecule has 0 radical (unpaired) electrons. The lowest BCUT2D eigenvalue weighted by Gasteiger charge is -2.14. The summed E-state index contributed by atoms with van der Waals surface area (Å²) in [5.41, 5.74) is 4.67. The highest BCUT2D eigenvalue weighted by molar-refractivity contribution is 6.06. The van der Waals surface area contributed by atoms with Gasteiger partial charge in [-0.25, -0.2) is 4.98 Å². The number of aromatic nitrogens is 1. The molecule has 0 atom stereocenters. The van der Waals surface area contributed by atoms with E-state index in [0.717, 1.165) is 12.1 Å². The smallest absolute Gasteiger partial charge is 0.497 e. The summed E-state index contributed by atoms with van der Waals surface area (Å²) >= 11 is 0. The van der Waals surface area contributed by atoms with E-state index in [0.29, 0.717) is 0 Å². The molecular weight excluding hydrogens is 449 g/mol. The summed E-state index contributed by atoms with van der Waals surface area (Å²) in [6, 6.07) is 10.0. The molecule has 0 unspecified atom stereocenters. The van der Waals surface area contributed by atoms with Crippen LogP contribution < -0.4 is 25.3 Å². The Balaban J connectivity index is 1.91. The minimum absolute atomic E-state index is 0.0122. The summed E-state index contributed by atoms with van der Waals surface area (Å²) in [5.74, 6) is -1.99. The van der Waals surface area contributed by atoms with Crippen LogP contribution in [-0.4, -0.2) is 29.3 Å². The molecule has 0 aliphatic carbocycles. The van der Waals surface area contributed by atoms with Gasteiger partial charge in [0.25, 0.3) is 5.91 Å². The quantitative estimate of drug-likeness (QED) is 0.384. The van der Waals surface area contributed by atoms with E-state index in [9.17, 15) is 28.1 Å². The van der Waals surface area contributed by atoms with E-state index >= 15 is 0 Å². The highest BCUT2D eigenvalue weighted by atomic mass is 19.4. The number of halogens is 3. The third kappa shape index (κ3) is 5.78. The lowest BCUT2D eigenvalue weighted by Crippen LogP contribution is -2.20. The lowest BCUT2D eigenvalue weighted by atomic mass is 10.1. The Kier molecular flexibility index (Phi) is 6.51. The zero-order chi connectivity index (χ0) is 24.2. The highest BCUT2D eigenvalue weighted by Gasteiger charge is 2.33. The number of nitrogen functional groups attached to an aromatic ring is 1. The maximum atomic E-state index is 12.6. The first kappa shape index (κ1) is 23.1. The van der Waals surface area contributed by atoms with Crippen LogP contribution in [-0.2, 0) is 0 Å². The fourth-order valence-corrected chi connectivity index (χ4v) is 2.73. The number of methoxy groups -OCH3 is 1. The number of alkyl halides is 3. The Labute approximate surface area is 183 Å². The second-order valence-corrected chi connectivity index (χ2v) is 6.30. The maximum Gasteiger partial charge on any atom is 0.573 e. The molecule has 3 aromatic rings. The van der Waals surface area contributed by atoms with Crippen molar-refractivity contribution in [3.63, 3.8) is 0 Å². The van der Waals surface area contributed by atoms with Crippen molar-refractivity contribution in [2.75, 3.05) is 18.2 Å². The number of benzene rings is 2. The molecule has 3 N–H and O–H groups in total. The Morgan fingerprint density at radius 1 is 1.12 bits per heavy atom. The Morgan fingerprint density at radius 3 is 2.48 bits per heavy atom. The molecule has 0 aliphatic rings. The average Bonchev–Trinajstić information content (AvgIpc) is 2.72. The number of pyridine rings is 1. The molecule has 0 spiro atoms. The van der Waals surface area contributed by atoms with Crippen LogP contribution in [0.4, 0.5) is 30.4 Å². The average molecular weight is 464 g/mol. The number of nitrogens with two attached hydrogens (primary N) is 1. The molecule has 0 saturated carbocycles. The van der Waals surface area contributed by atoms with Crippen molar-refractivity contribution in [2.24, 2.45) is 0 Å². The Bertz CT molecular complexity index is 1200. The first-order chi connectivity index (χ1) is 15.6. The summed E-state index contributed by atoms with van der Waals surface area (Å²) < 4.78 is 52.5. The van der Waals surface area contributed by atoms with Crippen molar-refractivity contribution in [3.05, 3.63) is 70.4 Å². The zero-order valence-corrected chi connectivity index (χ0v) is 16.8. The van der Waals surface area contributed by atoms with E-state index in [2.05, 4.69) is 15.0 Å². The van der Waals surface area contributed by atoms with Gasteiger partial charge in [0.05, 0.1) is 17.6 Å². The number of nitro groups is 1. The second kappa shape index (κ2) is 9.30. The van der Waals surface area contributed by atoms with Gasteiger partial charge in [-0.1, -0.05) is 12.1 Å². The predicted molar refractivity (Wildman–Crippen MR) is 109 cm³/mol. The summed E-state index contributed by atoms with van der Waals surface area (Å²) in [5, 5.41) is 13.7. The maximum absolute atomic E-state index is 12.6. The lowest BCUT2D eigenvalue weighted by molar-refractivity contribution is -0.384. The largest absolute Gasteiger partial charge is 0.573 e. The number of anilines is 2. The topological polar surface area (TPSA) is 139 Å². The van der Waals surface area contributed by atoms with Crippen LogP contribution >= 0.6 is 0 Å². The van der Waals surface area contributed by atoms with Gasteiger partial charge in [0.15, 0.2) is 0 Å². The highest BCUT2D eigenvalue weighted by Crippen LogP contribution is 2.37. The van der Waals surface area contributed by atoms with Gasteiger partial charge in [-0.05, 0) is 12.1 Å². The SMILES string of the molecule is COc1cc(NC(=O)c2ccccc2OC(F)(F)F)cc(Oc2ccnc(N)c2[N+](=O)[O-])c1. The van der Waals surface area contributed by atoms with Gasteiger partial charge in [0.1, 0.15) is 17.2 Å². The van der Waals surface area contributed by atoms with Crippen molar-refractivity contribution < 1.29 is 37.1 Å².